The zero-order chi connectivity index (χ0) is 20.5. The SMILES string of the molecule is CCCCNC(=NCC(=O)N(C)C)NC(C)c1ccc(OCC2CC2)c(F)c1. The summed E-state index contributed by atoms with van der Waals surface area (Å²) in [5, 5.41) is 6.49. The lowest BCUT2D eigenvalue weighted by molar-refractivity contribution is -0.127. The Morgan fingerprint density at radius 1 is 1.39 bits per heavy atom. The molecule has 0 radical (unpaired) electrons. The number of unbranched alkanes of at least 4 members (excludes halogenated alkanes) is 1. The minimum absolute atomic E-state index is 0.0590. The fraction of sp³-hybridized carbons (Fsp3) is 0.619. The molecule has 0 aromatic heterocycles. The Labute approximate surface area is 167 Å². The second-order valence-corrected chi connectivity index (χ2v) is 7.54. The third-order valence-electron chi connectivity index (χ3n) is 4.67. The topological polar surface area (TPSA) is 66.0 Å². The molecule has 0 bridgehead atoms. The van der Waals surface area contributed by atoms with Gasteiger partial charge in [-0.2, -0.15) is 0 Å². The number of carbonyl (C=O) groups excluding carboxylic acids is 1. The molecule has 1 aromatic rings. The van der Waals surface area contributed by atoms with Crippen LogP contribution in [0.25, 0.3) is 0 Å². The van der Waals surface area contributed by atoms with Crippen molar-refractivity contribution in [1.29, 1.82) is 0 Å². The van der Waals surface area contributed by atoms with Crippen molar-refractivity contribution in [2.75, 3.05) is 33.8 Å². The number of carbonyl (C=O) groups is 1. The number of hydrogen-bond acceptors (Lipinski definition) is 3. The summed E-state index contributed by atoms with van der Waals surface area (Å²) in [6.07, 6.45) is 4.40. The molecular formula is C21H33FN4O2. The van der Waals surface area contributed by atoms with Crippen molar-refractivity contribution < 1.29 is 13.9 Å². The molecule has 2 N–H and O–H groups in total. The Morgan fingerprint density at radius 2 is 2.14 bits per heavy atom. The maximum Gasteiger partial charge on any atom is 0.243 e. The van der Waals surface area contributed by atoms with Crippen molar-refractivity contribution >= 4 is 11.9 Å². The quantitative estimate of drug-likeness (QED) is 0.365. The third kappa shape index (κ3) is 7.37. The first kappa shape index (κ1) is 22.0. The Bertz CT molecular complexity index is 674. The van der Waals surface area contributed by atoms with Crippen LogP contribution >= 0.6 is 0 Å². The predicted molar refractivity (Wildman–Crippen MR) is 110 cm³/mol. The van der Waals surface area contributed by atoms with Gasteiger partial charge in [0.15, 0.2) is 17.5 Å². The molecule has 0 heterocycles. The molecule has 1 fully saturated rings. The molecule has 28 heavy (non-hydrogen) atoms. The second-order valence-electron chi connectivity index (χ2n) is 7.54. The molecule has 6 nitrogen and oxygen atoms in total. The van der Waals surface area contributed by atoms with Crippen LogP contribution in [-0.4, -0.2) is 50.6 Å². The summed E-state index contributed by atoms with van der Waals surface area (Å²) in [6.45, 7) is 5.45. The van der Waals surface area contributed by atoms with Crippen LogP contribution in [0.1, 0.15) is 51.1 Å². The van der Waals surface area contributed by atoms with Gasteiger partial charge in [-0.05, 0) is 49.8 Å². The van der Waals surface area contributed by atoms with Gasteiger partial charge in [-0.25, -0.2) is 9.38 Å². The summed E-state index contributed by atoms with van der Waals surface area (Å²) in [7, 11) is 3.40. The highest BCUT2D eigenvalue weighted by Crippen LogP contribution is 2.30. The minimum Gasteiger partial charge on any atom is -0.490 e. The van der Waals surface area contributed by atoms with Crippen molar-refractivity contribution in [3.05, 3.63) is 29.6 Å². The number of ether oxygens (including phenoxy) is 1. The predicted octanol–water partition coefficient (Wildman–Crippen LogP) is 3.10. The molecule has 1 saturated carbocycles. The van der Waals surface area contributed by atoms with E-state index >= 15 is 0 Å². The van der Waals surface area contributed by atoms with E-state index in [-0.39, 0.29) is 24.3 Å². The molecule has 1 amide bonds. The van der Waals surface area contributed by atoms with E-state index in [0.717, 1.165) is 24.9 Å². The third-order valence-corrected chi connectivity index (χ3v) is 4.67. The van der Waals surface area contributed by atoms with E-state index in [2.05, 4.69) is 22.5 Å². The standard InChI is InChI=1S/C21H33FN4O2/c1-5-6-11-23-21(24-13-20(27)26(3)4)25-15(2)17-9-10-19(18(22)12-17)28-14-16-7-8-16/h9-10,12,15-16H,5-8,11,13-14H2,1-4H3,(H2,23,24,25). The van der Waals surface area contributed by atoms with Gasteiger partial charge in [0.25, 0.3) is 0 Å². The van der Waals surface area contributed by atoms with Crippen LogP contribution in [0.5, 0.6) is 5.75 Å². The van der Waals surface area contributed by atoms with Crippen LogP contribution in [0, 0.1) is 11.7 Å². The number of hydrogen-bond donors (Lipinski definition) is 2. The van der Waals surface area contributed by atoms with E-state index in [1.54, 1.807) is 20.2 Å². The molecule has 0 saturated heterocycles. The number of nitrogens with zero attached hydrogens (tertiary/aromatic N) is 2. The van der Waals surface area contributed by atoms with Crippen molar-refractivity contribution in [2.24, 2.45) is 10.9 Å². The number of halogens is 1. The van der Waals surface area contributed by atoms with Crippen molar-refractivity contribution in [1.82, 2.24) is 15.5 Å². The summed E-state index contributed by atoms with van der Waals surface area (Å²) in [5.41, 5.74) is 0.792. The maximum atomic E-state index is 14.4. The summed E-state index contributed by atoms with van der Waals surface area (Å²) < 4.78 is 19.9. The van der Waals surface area contributed by atoms with Crippen LogP contribution < -0.4 is 15.4 Å². The van der Waals surface area contributed by atoms with Crippen LogP contribution in [-0.2, 0) is 4.79 Å². The smallest absolute Gasteiger partial charge is 0.243 e. The first-order valence-electron chi connectivity index (χ1n) is 10.1. The van der Waals surface area contributed by atoms with Crippen molar-refractivity contribution in [3.8, 4) is 5.75 Å². The molecule has 1 unspecified atom stereocenters. The molecule has 2 rings (SSSR count). The number of benzene rings is 1. The van der Waals surface area contributed by atoms with E-state index in [4.69, 9.17) is 4.74 Å². The molecular weight excluding hydrogens is 359 g/mol. The second kappa shape index (κ2) is 10.9. The highest BCUT2D eigenvalue weighted by atomic mass is 19.1. The van der Waals surface area contributed by atoms with Gasteiger partial charge in [0, 0.05) is 20.6 Å². The van der Waals surface area contributed by atoms with Crippen LogP contribution in [0.2, 0.25) is 0 Å². The van der Waals surface area contributed by atoms with E-state index in [1.807, 2.05) is 13.0 Å². The Morgan fingerprint density at radius 3 is 2.75 bits per heavy atom. The van der Waals surface area contributed by atoms with Gasteiger partial charge in [-0.15, -0.1) is 0 Å². The van der Waals surface area contributed by atoms with Gasteiger partial charge in [-0.3, -0.25) is 4.79 Å². The van der Waals surface area contributed by atoms with Gasteiger partial charge in [-0.1, -0.05) is 19.4 Å². The Kier molecular flexibility index (Phi) is 8.54. The van der Waals surface area contributed by atoms with E-state index in [0.29, 0.717) is 24.2 Å². The summed E-state index contributed by atoms with van der Waals surface area (Å²) in [6, 6.07) is 4.86. The van der Waals surface area contributed by atoms with E-state index in [1.165, 1.54) is 23.8 Å². The van der Waals surface area contributed by atoms with E-state index in [9.17, 15) is 9.18 Å². The zero-order valence-corrected chi connectivity index (χ0v) is 17.4. The summed E-state index contributed by atoms with van der Waals surface area (Å²) in [5.74, 6) is 0.997. The Balaban J connectivity index is 1.99. The average molecular weight is 393 g/mol. The number of aliphatic imine (C=N–C) groups is 1. The number of nitrogens with one attached hydrogen (secondary N) is 2. The maximum absolute atomic E-state index is 14.4. The molecule has 1 aliphatic rings. The monoisotopic (exact) mass is 392 g/mol. The highest BCUT2D eigenvalue weighted by Gasteiger charge is 2.22. The highest BCUT2D eigenvalue weighted by molar-refractivity contribution is 5.85. The molecule has 1 aliphatic carbocycles. The normalized spacial score (nSPS) is 15.1. The van der Waals surface area contributed by atoms with Gasteiger partial charge in [0.1, 0.15) is 6.54 Å². The van der Waals surface area contributed by atoms with E-state index < -0.39 is 0 Å². The molecule has 1 aromatic carbocycles. The lowest BCUT2D eigenvalue weighted by atomic mass is 10.1. The number of amides is 1. The lowest BCUT2D eigenvalue weighted by Gasteiger charge is -2.19. The zero-order valence-electron chi connectivity index (χ0n) is 17.4. The largest absolute Gasteiger partial charge is 0.490 e. The van der Waals surface area contributed by atoms with Crippen molar-refractivity contribution in [2.45, 2.75) is 45.6 Å². The summed E-state index contributed by atoms with van der Waals surface area (Å²) in [4.78, 5) is 17.7. The van der Waals surface area contributed by atoms with Gasteiger partial charge < -0.3 is 20.3 Å². The Hall–Kier alpha value is -2.31. The molecule has 0 spiro atoms. The fourth-order valence-electron chi connectivity index (χ4n) is 2.51. The summed E-state index contributed by atoms with van der Waals surface area (Å²) >= 11 is 0. The van der Waals surface area contributed by atoms with Crippen molar-refractivity contribution in [3.63, 3.8) is 0 Å². The van der Waals surface area contributed by atoms with Crippen LogP contribution in [0.15, 0.2) is 23.2 Å². The number of guanidine groups is 1. The molecule has 1 atom stereocenters. The lowest BCUT2D eigenvalue weighted by Crippen LogP contribution is -2.40. The number of rotatable bonds is 10. The van der Waals surface area contributed by atoms with Crippen LogP contribution in [0.4, 0.5) is 4.39 Å². The van der Waals surface area contributed by atoms with Crippen LogP contribution in [0.3, 0.4) is 0 Å². The fourth-order valence-corrected chi connectivity index (χ4v) is 2.51. The first-order valence-corrected chi connectivity index (χ1v) is 10.1. The van der Waals surface area contributed by atoms with Gasteiger partial charge >= 0.3 is 0 Å². The molecule has 156 valence electrons. The molecule has 0 aliphatic heterocycles. The number of likely N-dealkylation sites (N-methyl/N-ethyl adjacent to an activating group) is 1. The van der Waals surface area contributed by atoms with Gasteiger partial charge in [0.2, 0.25) is 5.91 Å². The average Bonchev–Trinajstić information content (AvgIpc) is 3.49. The minimum atomic E-state index is -0.355. The molecule has 7 heteroatoms. The first-order chi connectivity index (χ1) is 13.4. The van der Waals surface area contributed by atoms with Gasteiger partial charge in [0.05, 0.1) is 12.6 Å².